The lowest BCUT2D eigenvalue weighted by Gasteiger charge is -2.18. The smallest absolute Gasteiger partial charge is 0.306 e. The molecule has 0 amide bonds. The molecule has 0 aliphatic heterocycles. The molecule has 0 aliphatic rings. The average Bonchev–Trinajstić information content (AvgIpc) is 2.99. The molecule has 0 aliphatic carbocycles. The van der Waals surface area contributed by atoms with Crippen LogP contribution in [0, 0.1) is 11.8 Å². The normalized spacial score (nSPS) is 12.1. The van der Waals surface area contributed by atoms with E-state index >= 15 is 0 Å². The van der Waals surface area contributed by atoms with Gasteiger partial charge in [0.1, 0.15) is 13.2 Å². The maximum atomic E-state index is 12.4. The van der Waals surface area contributed by atoms with Crippen LogP contribution in [-0.4, -0.2) is 37.2 Å². The molecule has 0 N–H and O–H groups in total. The Bertz CT molecular complexity index is 689. The first-order chi connectivity index (χ1) is 21.7. The monoisotopic (exact) mass is 639 g/mol. The first-order valence-corrected chi connectivity index (χ1v) is 19.2. The molecular formula is C39H74O6. The van der Waals surface area contributed by atoms with Crippen molar-refractivity contribution in [1.82, 2.24) is 0 Å². The number of carbonyl (C=O) groups excluding carboxylic acids is 3. The molecule has 0 saturated carbocycles. The number of carbonyl (C=O) groups is 3. The van der Waals surface area contributed by atoms with Crippen LogP contribution in [0.3, 0.4) is 0 Å². The predicted molar refractivity (Wildman–Crippen MR) is 187 cm³/mol. The number of hydrogen-bond acceptors (Lipinski definition) is 6. The van der Waals surface area contributed by atoms with Gasteiger partial charge in [0.05, 0.1) is 0 Å². The summed E-state index contributed by atoms with van der Waals surface area (Å²) in [6.07, 6.45) is 27.0. The van der Waals surface area contributed by atoms with Crippen LogP contribution < -0.4 is 0 Å². The molecule has 1 atom stereocenters. The minimum absolute atomic E-state index is 0.0681. The minimum atomic E-state index is -0.757. The molecule has 0 unspecified atom stereocenters. The van der Waals surface area contributed by atoms with Gasteiger partial charge in [-0.3, -0.25) is 14.4 Å². The molecule has 0 radical (unpaired) electrons. The van der Waals surface area contributed by atoms with E-state index in [1.54, 1.807) is 0 Å². The van der Waals surface area contributed by atoms with E-state index in [0.29, 0.717) is 19.3 Å². The second kappa shape index (κ2) is 32.4. The molecule has 0 aromatic carbocycles. The summed E-state index contributed by atoms with van der Waals surface area (Å²) >= 11 is 0. The van der Waals surface area contributed by atoms with E-state index in [9.17, 15) is 14.4 Å². The lowest BCUT2D eigenvalue weighted by Crippen LogP contribution is -2.30. The Hall–Kier alpha value is -1.59. The molecule has 0 heterocycles. The molecule has 45 heavy (non-hydrogen) atoms. The quantitative estimate of drug-likeness (QED) is 0.0404. The maximum absolute atomic E-state index is 12.4. The highest BCUT2D eigenvalue weighted by atomic mass is 16.6. The molecule has 0 bridgehead atoms. The van der Waals surface area contributed by atoms with Crippen molar-refractivity contribution in [3.8, 4) is 0 Å². The number of ether oxygens (including phenoxy) is 3. The van der Waals surface area contributed by atoms with Crippen molar-refractivity contribution in [2.24, 2.45) is 11.8 Å². The molecule has 0 aromatic rings. The SMILES string of the molecule is CCCCCCCC(=O)O[C@@H](COC(=O)CCCCCCCCCCCC(C)C)COC(=O)CCCCCCCCCC(C)C. The zero-order valence-corrected chi connectivity index (χ0v) is 30.5. The molecule has 6 heteroatoms. The van der Waals surface area contributed by atoms with Gasteiger partial charge in [-0.15, -0.1) is 0 Å². The zero-order valence-electron chi connectivity index (χ0n) is 30.5. The summed E-state index contributed by atoms with van der Waals surface area (Å²) in [6, 6.07) is 0. The third-order valence-electron chi connectivity index (χ3n) is 8.47. The Morgan fingerprint density at radius 2 is 0.733 bits per heavy atom. The fraction of sp³-hybridized carbons (Fsp3) is 0.923. The molecule has 0 rings (SSSR count). The summed E-state index contributed by atoms with van der Waals surface area (Å²) in [5.41, 5.74) is 0. The molecule has 266 valence electrons. The zero-order chi connectivity index (χ0) is 33.4. The van der Waals surface area contributed by atoms with Crippen LogP contribution in [0.2, 0.25) is 0 Å². The Balaban J connectivity index is 4.24. The molecule has 0 aromatic heterocycles. The number of hydrogen-bond donors (Lipinski definition) is 0. The van der Waals surface area contributed by atoms with Gasteiger partial charge in [-0.25, -0.2) is 0 Å². The Labute approximate surface area is 278 Å². The third kappa shape index (κ3) is 33.6. The van der Waals surface area contributed by atoms with E-state index in [2.05, 4.69) is 34.6 Å². The van der Waals surface area contributed by atoms with Gasteiger partial charge >= 0.3 is 17.9 Å². The van der Waals surface area contributed by atoms with E-state index in [0.717, 1.165) is 76.0 Å². The van der Waals surface area contributed by atoms with Crippen molar-refractivity contribution < 1.29 is 28.6 Å². The molecular weight excluding hydrogens is 564 g/mol. The van der Waals surface area contributed by atoms with E-state index < -0.39 is 6.10 Å². The summed E-state index contributed by atoms with van der Waals surface area (Å²) in [6.45, 7) is 11.1. The summed E-state index contributed by atoms with van der Waals surface area (Å²) in [7, 11) is 0. The summed E-state index contributed by atoms with van der Waals surface area (Å²) in [4.78, 5) is 37.2. The molecule has 0 fully saturated rings. The van der Waals surface area contributed by atoms with Gasteiger partial charge in [-0.1, -0.05) is 163 Å². The standard InChI is InChI=1S/C39H74O6/c1-6-7-8-17-26-31-39(42)45-36(33-44-38(41)30-25-21-16-12-14-19-23-28-35(4)5)32-43-37(40)29-24-20-15-11-9-10-13-18-22-27-34(2)3/h34-36H,6-33H2,1-5H3/t36-/m0/s1. The van der Waals surface area contributed by atoms with Crippen LogP contribution in [0.5, 0.6) is 0 Å². The number of esters is 3. The van der Waals surface area contributed by atoms with Crippen molar-refractivity contribution in [3.63, 3.8) is 0 Å². The molecule has 6 nitrogen and oxygen atoms in total. The average molecular weight is 639 g/mol. The van der Waals surface area contributed by atoms with Crippen LogP contribution in [-0.2, 0) is 28.6 Å². The molecule has 0 spiro atoms. The van der Waals surface area contributed by atoms with E-state index in [-0.39, 0.29) is 31.1 Å². The topological polar surface area (TPSA) is 78.9 Å². The Morgan fingerprint density at radius 1 is 0.422 bits per heavy atom. The summed E-state index contributed by atoms with van der Waals surface area (Å²) in [5, 5.41) is 0. The van der Waals surface area contributed by atoms with Gasteiger partial charge in [-0.05, 0) is 31.1 Å². The minimum Gasteiger partial charge on any atom is -0.462 e. The van der Waals surface area contributed by atoms with Crippen LogP contribution >= 0.6 is 0 Å². The first-order valence-electron chi connectivity index (χ1n) is 19.2. The summed E-state index contributed by atoms with van der Waals surface area (Å²) in [5.74, 6) is 0.705. The highest BCUT2D eigenvalue weighted by molar-refractivity contribution is 5.71. The van der Waals surface area contributed by atoms with Gasteiger partial charge in [0, 0.05) is 19.3 Å². The fourth-order valence-corrected chi connectivity index (χ4v) is 5.52. The second-order valence-corrected chi connectivity index (χ2v) is 14.2. The second-order valence-electron chi connectivity index (χ2n) is 14.2. The van der Waals surface area contributed by atoms with Gasteiger partial charge in [0.25, 0.3) is 0 Å². The van der Waals surface area contributed by atoms with E-state index in [4.69, 9.17) is 14.2 Å². The molecule has 0 saturated heterocycles. The van der Waals surface area contributed by atoms with Crippen molar-refractivity contribution >= 4 is 17.9 Å². The van der Waals surface area contributed by atoms with Gasteiger partial charge in [0.2, 0.25) is 0 Å². The van der Waals surface area contributed by atoms with E-state index in [1.807, 2.05) is 0 Å². The van der Waals surface area contributed by atoms with Gasteiger partial charge in [0.15, 0.2) is 6.10 Å². The van der Waals surface area contributed by atoms with Gasteiger partial charge in [-0.2, -0.15) is 0 Å². The van der Waals surface area contributed by atoms with Crippen LogP contribution in [0.1, 0.15) is 202 Å². The van der Waals surface area contributed by atoms with Crippen LogP contribution in [0.25, 0.3) is 0 Å². The Morgan fingerprint density at radius 3 is 1.09 bits per heavy atom. The van der Waals surface area contributed by atoms with Crippen molar-refractivity contribution in [3.05, 3.63) is 0 Å². The largest absolute Gasteiger partial charge is 0.462 e. The summed E-state index contributed by atoms with van der Waals surface area (Å²) < 4.78 is 16.5. The Kier molecular flexibility index (Phi) is 31.2. The fourth-order valence-electron chi connectivity index (χ4n) is 5.52. The van der Waals surface area contributed by atoms with Gasteiger partial charge < -0.3 is 14.2 Å². The van der Waals surface area contributed by atoms with Crippen molar-refractivity contribution in [2.75, 3.05) is 13.2 Å². The number of rotatable bonds is 33. The first kappa shape index (κ1) is 43.4. The third-order valence-corrected chi connectivity index (χ3v) is 8.47. The highest BCUT2D eigenvalue weighted by Crippen LogP contribution is 2.15. The maximum Gasteiger partial charge on any atom is 0.306 e. The highest BCUT2D eigenvalue weighted by Gasteiger charge is 2.19. The number of unbranched alkanes of at least 4 members (excludes halogenated alkanes) is 18. The van der Waals surface area contributed by atoms with Crippen LogP contribution in [0.15, 0.2) is 0 Å². The lowest BCUT2D eigenvalue weighted by molar-refractivity contribution is -0.167. The van der Waals surface area contributed by atoms with Crippen molar-refractivity contribution in [1.29, 1.82) is 0 Å². The van der Waals surface area contributed by atoms with Crippen molar-refractivity contribution in [2.45, 2.75) is 208 Å². The van der Waals surface area contributed by atoms with E-state index in [1.165, 1.54) is 83.5 Å². The lowest BCUT2D eigenvalue weighted by atomic mass is 10.0. The van der Waals surface area contributed by atoms with Crippen LogP contribution in [0.4, 0.5) is 0 Å². The predicted octanol–water partition coefficient (Wildman–Crippen LogP) is 11.5.